The highest BCUT2D eigenvalue weighted by Gasteiger charge is 2.39. The highest BCUT2D eigenvalue weighted by Crippen LogP contribution is 2.36. The van der Waals surface area contributed by atoms with Gasteiger partial charge < -0.3 is 9.84 Å². The normalized spacial score (nSPS) is 21.9. The lowest BCUT2D eigenvalue weighted by atomic mass is 9.99. The molecule has 0 aromatic heterocycles. The maximum atomic E-state index is 13.2. The summed E-state index contributed by atoms with van der Waals surface area (Å²) < 4.78 is 35.6. The van der Waals surface area contributed by atoms with E-state index in [1.807, 2.05) is 62.0 Å². The molecule has 0 radical (unpaired) electrons. The molecule has 0 saturated carbocycles. The largest absolute Gasteiger partial charge is 0.491 e. The van der Waals surface area contributed by atoms with E-state index in [1.54, 1.807) is 24.3 Å². The Morgan fingerprint density at radius 2 is 1.88 bits per heavy atom. The molecule has 1 unspecified atom stereocenters. The van der Waals surface area contributed by atoms with Crippen LogP contribution >= 0.6 is 0 Å². The minimum Gasteiger partial charge on any atom is -0.491 e. The molecular formula is C25H29N2O5S+. The van der Waals surface area contributed by atoms with Crippen LogP contribution < -0.4 is 4.74 Å². The van der Waals surface area contributed by atoms with Gasteiger partial charge in [0.1, 0.15) is 5.75 Å². The lowest BCUT2D eigenvalue weighted by Crippen LogP contribution is -2.29. The van der Waals surface area contributed by atoms with E-state index in [0.717, 1.165) is 16.8 Å². The lowest BCUT2D eigenvalue weighted by Gasteiger charge is -2.16. The molecule has 1 fully saturated rings. The molecule has 1 saturated heterocycles. The molecule has 2 aliphatic heterocycles. The van der Waals surface area contributed by atoms with Crippen LogP contribution in [0.1, 0.15) is 32.8 Å². The van der Waals surface area contributed by atoms with Gasteiger partial charge in [-0.2, -0.15) is 8.88 Å². The van der Waals surface area contributed by atoms with Crippen molar-refractivity contribution >= 4 is 33.5 Å². The second-order valence-electron chi connectivity index (χ2n) is 8.90. The van der Waals surface area contributed by atoms with Crippen LogP contribution in [0.3, 0.4) is 0 Å². The maximum absolute atomic E-state index is 13.2. The number of carboxylic acid groups (broad SMARTS) is 1. The molecule has 0 bridgehead atoms. The van der Waals surface area contributed by atoms with E-state index in [9.17, 15) is 18.3 Å². The van der Waals surface area contributed by atoms with Crippen molar-refractivity contribution in [3.05, 3.63) is 60.3 Å². The molecule has 174 valence electrons. The molecule has 2 atom stereocenters. The van der Waals surface area contributed by atoms with Gasteiger partial charge in [-0.05, 0) is 50.1 Å². The molecule has 8 heteroatoms. The first kappa shape index (κ1) is 23.2. The predicted molar refractivity (Wildman–Crippen MR) is 126 cm³/mol. The lowest BCUT2D eigenvalue weighted by molar-refractivity contribution is -0.352. The van der Waals surface area contributed by atoms with Crippen LogP contribution in [0.25, 0.3) is 5.57 Å². The molecule has 0 amide bonds. The Morgan fingerprint density at radius 1 is 1.18 bits per heavy atom. The summed E-state index contributed by atoms with van der Waals surface area (Å²) in [5, 5.41) is 9.25. The van der Waals surface area contributed by atoms with E-state index in [0.29, 0.717) is 18.8 Å². The minimum absolute atomic E-state index is 0.00296. The van der Waals surface area contributed by atoms with Crippen molar-refractivity contribution in [3.63, 3.8) is 0 Å². The number of carbonyl (C=O) groups is 1. The van der Waals surface area contributed by atoms with Gasteiger partial charge in [-0.15, -0.1) is 0 Å². The smallest absolute Gasteiger partial charge is 0.308 e. The van der Waals surface area contributed by atoms with Crippen LogP contribution in [0.15, 0.2) is 59.6 Å². The highest BCUT2D eigenvalue weighted by molar-refractivity contribution is 7.89. The molecule has 2 aromatic rings. The number of rotatable bonds is 7. The summed E-state index contributed by atoms with van der Waals surface area (Å²) in [5.41, 5.74) is 2.56. The third-order valence-corrected chi connectivity index (χ3v) is 7.83. The number of carboxylic acids is 1. The number of nitrogens with zero attached hydrogens (tertiary/aromatic N) is 2. The topological polar surface area (TPSA) is 86.9 Å². The van der Waals surface area contributed by atoms with Gasteiger partial charge in [0, 0.05) is 24.7 Å². The summed E-state index contributed by atoms with van der Waals surface area (Å²) >= 11 is 0. The Kier molecular flexibility index (Phi) is 6.41. The molecular weight excluding hydrogens is 440 g/mol. The Balaban J connectivity index is 1.56. The number of ether oxygens (including phenoxy) is 1. The summed E-state index contributed by atoms with van der Waals surface area (Å²) in [7, 11) is -3.62. The van der Waals surface area contributed by atoms with Crippen LogP contribution in [-0.2, 0) is 14.8 Å². The molecule has 2 aliphatic rings. The Bertz CT molecular complexity index is 1220. The molecule has 0 spiro atoms. The number of hydrogen-bond acceptors (Lipinski definition) is 4. The number of benzene rings is 2. The molecule has 0 aliphatic carbocycles. The Hall–Kier alpha value is -2.97. The van der Waals surface area contributed by atoms with E-state index < -0.39 is 16.0 Å². The Morgan fingerprint density at radius 3 is 2.55 bits per heavy atom. The SMILES string of the molecule is CC(C)Oc1ccc(S(=O)(=O)N2CC(C=[N+]3C=C(CC(=O)O)c4ccccc43)[C@H](C)C2)cc1. The average Bonchev–Trinajstić information content (AvgIpc) is 3.29. The number of sulfonamides is 1. The van der Waals surface area contributed by atoms with Gasteiger partial charge in [0.15, 0.2) is 12.4 Å². The van der Waals surface area contributed by atoms with Crippen molar-refractivity contribution < 1.29 is 27.6 Å². The van der Waals surface area contributed by atoms with Gasteiger partial charge in [0.05, 0.1) is 28.9 Å². The van der Waals surface area contributed by atoms with E-state index in [1.165, 1.54) is 4.31 Å². The number of fused-ring (bicyclic) bond motifs is 1. The number of para-hydroxylation sites is 1. The van der Waals surface area contributed by atoms with Gasteiger partial charge in [0.2, 0.25) is 15.7 Å². The van der Waals surface area contributed by atoms with E-state index >= 15 is 0 Å². The van der Waals surface area contributed by atoms with Crippen molar-refractivity contribution in [1.29, 1.82) is 0 Å². The third-order valence-electron chi connectivity index (χ3n) is 5.99. The van der Waals surface area contributed by atoms with E-state index in [4.69, 9.17) is 4.74 Å². The van der Waals surface area contributed by atoms with E-state index in [-0.39, 0.29) is 29.3 Å². The molecule has 2 heterocycles. The highest BCUT2D eigenvalue weighted by atomic mass is 32.2. The second-order valence-corrected chi connectivity index (χ2v) is 10.8. The van der Waals surface area contributed by atoms with Gasteiger partial charge in [-0.1, -0.05) is 19.1 Å². The predicted octanol–water partition coefficient (Wildman–Crippen LogP) is 3.97. The van der Waals surface area contributed by atoms with Crippen LogP contribution in [-0.4, -0.2) is 53.8 Å². The first-order valence-electron chi connectivity index (χ1n) is 11.1. The number of aliphatic carboxylic acids is 1. The van der Waals surface area contributed by atoms with Crippen molar-refractivity contribution in [1.82, 2.24) is 4.31 Å². The van der Waals surface area contributed by atoms with Crippen LogP contribution in [0.2, 0.25) is 0 Å². The third kappa shape index (κ3) is 4.86. The van der Waals surface area contributed by atoms with Crippen molar-refractivity contribution in [2.75, 3.05) is 13.1 Å². The number of hydrogen-bond donors (Lipinski definition) is 1. The quantitative estimate of drug-likeness (QED) is 0.620. The monoisotopic (exact) mass is 469 g/mol. The van der Waals surface area contributed by atoms with Gasteiger partial charge >= 0.3 is 5.97 Å². The van der Waals surface area contributed by atoms with Crippen LogP contribution in [0, 0.1) is 11.8 Å². The summed E-state index contributed by atoms with van der Waals surface area (Å²) in [5.74, 6) is -0.125. The molecule has 33 heavy (non-hydrogen) atoms. The summed E-state index contributed by atoms with van der Waals surface area (Å²) in [6, 6.07) is 14.2. The summed E-state index contributed by atoms with van der Waals surface area (Å²) in [4.78, 5) is 11.5. The standard InChI is InChI=1S/C25H28N2O5S/c1-17(2)32-21-8-10-22(11-9-21)33(30,31)27-13-18(3)20(16-27)15-26-14-19(12-25(28)29)23-6-4-5-7-24(23)26/h4-11,14-15,17-18,20H,12-13,16H2,1-3H3/p+1/t18-,20?/m1/s1. The van der Waals surface area contributed by atoms with Crippen molar-refractivity contribution in [3.8, 4) is 5.75 Å². The van der Waals surface area contributed by atoms with Gasteiger partial charge in [0.25, 0.3) is 0 Å². The average molecular weight is 470 g/mol. The summed E-state index contributed by atoms with van der Waals surface area (Å²) in [6.45, 7) is 6.68. The maximum Gasteiger partial charge on any atom is 0.308 e. The Labute approximate surface area is 194 Å². The first-order chi connectivity index (χ1) is 15.6. The summed E-state index contributed by atoms with van der Waals surface area (Å²) in [6.07, 6.45) is 3.83. The van der Waals surface area contributed by atoms with Crippen LogP contribution in [0.5, 0.6) is 5.75 Å². The fourth-order valence-corrected chi connectivity index (χ4v) is 5.94. The zero-order valence-corrected chi connectivity index (χ0v) is 19.8. The van der Waals surface area contributed by atoms with Crippen molar-refractivity contribution in [2.45, 2.75) is 38.2 Å². The van der Waals surface area contributed by atoms with Crippen molar-refractivity contribution in [2.24, 2.45) is 11.8 Å². The fourth-order valence-electron chi connectivity index (χ4n) is 4.36. The second kappa shape index (κ2) is 9.11. The minimum atomic E-state index is -3.62. The first-order valence-corrected chi connectivity index (χ1v) is 12.5. The zero-order chi connectivity index (χ0) is 23.8. The van der Waals surface area contributed by atoms with Crippen LogP contribution in [0.4, 0.5) is 5.69 Å². The molecule has 4 rings (SSSR count). The fraction of sp³-hybridized carbons (Fsp3) is 0.360. The van der Waals surface area contributed by atoms with Gasteiger partial charge in [-0.25, -0.2) is 8.42 Å². The molecule has 1 N–H and O–H groups in total. The van der Waals surface area contributed by atoms with Gasteiger partial charge in [-0.3, -0.25) is 4.79 Å². The molecule has 2 aromatic carbocycles. The zero-order valence-electron chi connectivity index (χ0n) is 19.0. The van der Waals surface area contributed by atoms with E-state index in [2.05, 4.69) is 0 Å². The molecule has 7 nitrogen and oxygen atoms in total.